The normalized spacial score (nSPS) is 12.4. The monoisotopic (exact) mass is 230 g/mol. The molecule has 0 saturated carbocycles. The highest BCUT2D eigenvalue weighted by molar-refractivity contribution is 7.98. The minimum atomic E-state index is -0.832. The lowest BCUT2D eigenvalue weighted by molar-refractivity contribution is -0.0628. The van der Waals surface area contributed by atoms with Crippen LogP contribution < -0.4 is 5.73 Å². The van der Waals surface area contributed by atoms with E-state index >= 15 is 0 Å². The maximum atomic E-state index is 10.6. The van der Waals surface area contributed by atoms with Crippen molar-refractivity contribution in [3.05, 3.63) is 24.2 Å². The lowest BCUT2D eigenvalue weighted by atomic mass is 10.4. The van der Waals surface area contributed by atoms with E-state index in [0.717, 1.165) is 5.76 Å². The minimum absolute atomic E-state index is 0.303. The predicted molar refractivity (Wildman–Crippen MR) is 57.5 cm³/mol. The van der Waals surface area contributed by atoms with Gasteiger partial charge in [-0.25, -0.2) is 9.86 Å². The molecule has 1 heterocycles. The number of nitrogens with zero attached hydrogens (tertiary/aromatic N) is 1. The maximum Gasteiger partial charge on any atom is 0.338 e. The first-order valence-corrected chi connectivity index (χ1v) is 5.64. The molecule has 0 fully saturated rings. The van der Waals surface area contributed by atoms with Crippen LogP contribution in [0.15, 0.2) is 22.8 Å². The Morgan fingerprint density at radius 3 is 3.07 bits per heavy atom. The molecule has 1 aromatic rings. The van der Waals surface area contributed by atoms with E-state index in [2.05, 4.69) is 0 Å². The first-order chi connectivity index (χ1) is 7.11. The summed E-state index contributed by atoms with van der Waals surface area (Å²) in [4.78, 5) is 10.6. The first kappa shape index (κ1) is 11.9. The Morgan fingerprint density at radius 2 is 2.53 bits per heavy atom. The van der Waals surface area contributed by atoms with Crippen molar-refractivity contribution in [2.75, 3.05) is 5.75 Å². The number of hydrogen-bond donors (Lipinski definition) is 2. The Bertz CT molecular complexity index is 302. The summed E-state index contributed by atoms with van der Waals surface area (Å²) in [5.41, 5.74) is 4.91. The van der Waals surface area contributed by atoms with E-state index in [1.807, 2.05) is 12.1 Å². The fraction of sp³-hybridized carbons (Fsp3) is 0.444. The molecule has 2 amide bonds. The van der Waals surface area contributed by atoms with Gasteiger partial charge in [0.25, 0.3) is 0 Å². The van der Waals surface area contributed by atoms with Crippen LogP contribution in [0.3, 0.4) is 0 Å². The number of carbonyl (C=O) groups excluding carboxylic acids is 1. The van der Waals surface area contributed by atoms with Crippen molar-refractivity contribution in [3.8, 4) is 0 Å². The molecular formula is C9H14N2O3S. The third-order valence-corrected chi connectivity index (χ3v) is 3.03. The molecule has 1 atom stereocenters. The molecule has 15 heavy (non-hydrogen) atoms. The number of carbonyl (C=O) groups is 1. The Hall–Kier alpha value is -1.14. The third kappa shape index (κ3) is 3.85. The van der Waals surface area contributed by atoms with Crippen molar-refractivity contribution in [1.82, 2.24) is 5.06 Å². The number of hydroxylamine groups is 2. The van der Waals surface area contributed by atoms with Crippen molar-refractivity contribution in [3.63, 3.8) is 0 Å². The van der Waals surface area contributed by atoms with Crippen LogP contribution in [0.4, 0.5) is 4.79 Å². The van der Waals surface area contributed by atoms with Gasteiger partial charge in [0, 0.05) is 5.75 Å². The highest BCUT2D eigenvalue weighted by Gasteiger charge is 2.14. The summed E-state index contributed by atoms with van der Waals surface area (Å²) in [5.74, 6) is 2.18. The number of urea groups is 1. The molecule has 0 spiro atoms. The molecule has 0 bridgehead atoms. The average molecular weight is 230 g/mol. The van der Waals surface area contributed by atoms with Crippen LogP contribution in [0.5, 0.6) is 0 Å². The summed E-state index contributed by atoms with van der Waals surface area (Å²) in [6.45, 7) is 1.72. The van der Waals surface area contributed by atoms with E-state index in [1.165, 1.54) is 0 Å². The second kappa shape index (κ2) is 5.67. The molecule has 0 radical (unpaired) electrons. The summed E-state index contributed by atoms with van der Waals surface area (Å²) in [6.07, 6.45) is 1.61. The second-order valence-electron chi connectivity index (χ2n) is 3.13. The predicted octanol–water partition coefficient (Wildman–Crippen LogP) is 1.67. The maximum absolute atomic E-state index is 10.6. The SMILES string of the molecule is CC(CSCc1ccco1)N(O)C(N)=O. The van der Waals surface area contributed by atoms with Crippen LogP contribution in [0.1, 0.15) is 12.7 Å². The summed E-state index contributed by atoms with van der Waals surface area (Å²) >= 11 is 1.56. The van der Waals surface area contributed by atoms with E-state index in [1.54, 1.807) is 24.9 Å². The highest BCUT2D eigenvalue weighted by Crippen LogP contribution is 2.14. The van der Waals surface area contributed by atoms with Crippen LogP contribution in [-0.4, -0.2) is 28.1 Å². The Morgan fingerprint density at radius 1 is 1.80 bits per heavy atom. The molecule has 5 nitrogen and oxygen atoms in total. The second-order valence-corrected chi connectivity index (χ2v) is 4.16. The van der Waals surface area contributed by atoms with Crippen LogP contribution in [0, 0.1) is 0 Å². The van der Waals surface area contributed by atoms with Gasteiger partial charge >= 0.3 is 6.03 Å². The topological polar surface area (TPSA) is 79.7 Å². The lowest BCUT2D eigenvalue weighted by Crippen LogP contribution is -2.40. The van der Waals surface area contributed by atoms with Gasteiger partial charge in [0.05, 0.1) is 18.1 Å². The molecule has 1 aromatic heterocycles. The largest absolute Gasteiger partial charge is 0.468 e. The number of thioether (sulfide) groups is 1. The summed E-state index contributed by atoms with van der Waals surface area (Å²) < 4.78 is 5.13. The van der Waals surface area contributed by atoms with Crippen molar-refractivity contribution in [2.45, 2.75) is 18.7 Å². The molecule has 0 aromatic carbocycles. The zero-order valence-electron chi connectivity index (χ0n) is 8.42. The number of rotatable bonds is 5. The third-order valence-electron chi connectivity index (χ3n) is 1.83. The van der Waals surface area contributed by atoms with Gasteiger partial charge in [-0.05, 0) is 19.1 Å². The number of nitrogens with two attached hydrogens (primary N) is 1. The van der Waals surface area contributed by atoms with Gasteiger partial charge in [-0.2, -0.15) is 11.8 Å². The summed E-state index contributed by atoms with van der Waals surface area (Å²) in [5, 5.41) is 9.71. The number of furan rings is 1. The molecule has 0 aliphatic heterocycles. The van der Waals surface area contributed by atoms with Gasteiger partial charge in [-0.1, -0.05) is 0 Å². The number of hydrogen-bond acceptors (Lipinski definition) is 4. The highest BCUT2D eigenvalue weighted by atomic mass is 32.2. The van der Waals surface area contributed by atoms with E-state index in [0.29, 0.717) is 16.6 Å². The average Bonchev–Trinajstić information content (AvgIpc) is 2.69. The van der Waals surface area contributed by atoms with E-state index in [-0.39, 0.29) is 6.04 Å². The van der Waals surface area contributed by atoms with Gasteiger partial charge in [0.1, 0.15) is 5.76 Å². The van der Waals surface area contributed by atoms with Gasteiger partial charge in [-0.15, -0.1) is 0 Å². The number of primary amides is 1. The zero-order valence-corrected chi connectivity index (χ0v) is 9.24. The van der Waals surface area contributed by atoms with Gasteiger partial charge < -0.3 is 10.2 Å². The van der Waals surface area contributed by atoms with E-state index in [9.17, 15) is 10.0 Å². The lowest BCUT2D eigenvalue weighted by Gasteiger charge is -2.19. The van der Waals surface area contributed by atoms with Crippen LogP contribution in [0.2, 0.25) is 0 Å². The molecule has 0 aliphatic carbocycles. The molecular weight excluding hydrogens is 216 g/mol. The van der Waals surface area contributed by atoms with Crippen molar-refractivity contribution in [2.24, 2.45) is 5.73 Å². The molecule has 0 aliphatic rings. The van der Waals surface area contributed by atoms with E-state index < -0.39 is 6.03 Å². The van der Waals surface area contributed by atoms with Crippen molar-refractivity contribution >= 4 is 17.8 Å². The fourth-order valence-electron chi connectivity index (χ4n) is 1.01. The molecule has 1 rings (SSSR count). The Balaban J connectivity index is 2.22. The summed E-state index contributed by atoms with van der Waals surface area (Å²) in [7, 11) is 0. The Kier molecular flexibility index (Phi) is 4.51. The van der Waals surface area contributed by atoms with Crippen LogP contribution in [-0.2, 0) is 5.75 Å². The molecule has 6 heteroatoms. The Labute approximate surface area is 92.2 Å². The quantitative estimate of drug-likeness (QED) is 0.595. The van der Waals surface area contributed by atoms with Crippen molar-refractivity contribution in [1.29, 1.82) is 0 Å². The van der Waals surface area contributed by atoms with Crippen LogP contribution >= 0.6 is 11.8 Å². The smallest absolute Gasteiger partial charge is 0.338 e. The van der Waals surface area contributed by atoms with E-state index in [4.69, 9.17) is 10.2 Å². The minimum Gasteiger partial charge on any atom is -0.468 e. The van der Waals surface area contributed by atoms with Gasteiger partial charge in [0.15, 0.2) is 0 Å². The molecule has 0 saturated heterocycles. The standard InChI is InChI=1S/C9H14N2O3S/c1-7(11(13)9(10)12)5-15-6-8-3-2-4-14-8/h2-4,7,13H,5-6H2,1H3,(H2,10,12). The molecule has 3 N–H and O–H groups in total. The fourth-order valence-corrected chi connectivity index (χ4v) is 1.98. The number of amides is 2. The zero-order chi connectivity index (χ0) is 11.3. The molecule has 84 valence electrons. The van der Waals surface area contributed by atoms with Gasteiger partial charge in [-0.3, -0.25) is 5.21 Å². The first-order valence-electron chi connectivity index (χ1n) is 4.49. The summed E-state index contributed by atoms with van der Waals surface area (Å²) in [6, 6.07) is 2.56. The van der Waals surface area contributed by atoms with Crippen molar-refractivity contribution < 1.29 is 14.4 Å². The van der Waals surface area contributed by atoms with Gasteiger partial charge in [0.2, 0.25) is 0 Å². The molecule has 1 unspecified atom stereocenters. The van der Waals surface area contributed by atoms with Crippen LogP contribution in [0.25, 0.3) is 0 Å².